The van der Waals surface area contributed by atoms with Gasteiger partial charge in [0.2, 0.25) is 5.91 Å². The second-order valence-electron chi connectivity index (χ2n) is 7.64. The standard InChI is InChI=1S/C25H25N3O5S2/c1-3-33-20-6-9-22-23(16-20)34-25(27-22)28(17-18-10-13-26-14-11-18)24(29)12-15-35(30,31)21-7-4-19(32-2)5-8-21/h4-11,13-14,16H,3,12,15,17H2,1-2H3. The molecule has 35 heavy (non-hydrogen) atoms. The Morgan fingerprint density at radius 1 is 1.03 bits per heavy atom. The number of rotatable bonds is 10. The Kier molecular flexibility index (Phi) is 7.62. The number of anilines is 1. The van der Waals surface area contributed by atoms with Gasteiger partial charge in [0.05, 0.1) is 41.1 Å². The van der Waals surface area contributed by atoms with Gasteiger partial charge in [-0.25, -0.2) is 13.4 Å². The van der Waals surface area contributed by atoms with Crippen molar-refractivity contribution in [1.29, 1.82) is 0 Å². The number of nitrogens with zero attached hydrogens (tertiary/aromatic N) is 3. The van der Waals surface area contributed by atoms with Crippen LogP contribution in [0.1, 0.15) is 18.9 Å². The summed E-state index contributed by atoms with van der Waals surface area (Å²) < 4.78 is 37.2. The minimum absolute atomic E-state index is 0.148. The van der Waals surface area contributed by atoms with Crippen molar-refractivity contribution in [2.24, 2.45) is 0 Å². The first-order valence-electron chi connectivity index (χ1n) is 11.0. The third-order valence-corrected chi connectivity index (χ3v) is 8.06. The lowest BCUT2D eigenvalue weighted by molar-refractivity contribution is -0.118. The Labute approximate surface area is 208 Å². The Hall–Kier alpha value is -3.50. The fourth-order valence-electron chi connectivity index (χ4n) is 3.46. The molecule has 0 N–H and O–H groups in total. The van der Waals surface area contributed by atoms with Crippen LogP contribution in [0, 0.1) is 0 Å². The molecule has 4 rings (SSSR count). The van der Waals surface area contributed by atoms with E-state index in [0.29, 0.717) is 17.5 Å². The number of carbonyl (C=O) groups excluding carboxylic acids is 1. The molecule has 0 bridgehead atoms. The molecule has 2 aromatic heterocycles. The van der Waals surface area contributed by atoms with E-state index >= 15 is 0 Å². The molecule has 0 aliphatic heterocycles. The van der Waals surface area contributed by atoms with Crippen molar-refractivity contribution in [3.63, 3.8) is 0 Å². The van der Waals surface area contributed by atoms with Crippen LogP contribution >= 0.6 is 11.3 Å². The topological polar surface area (TPSA) is 98.7 Å². The van der Waals surface area contributed by atoms with Crippen molar-refractivity contribution in [2.75, 3.05) is 24.4 Å². The Morgan fingerprint density at radius 2 is 1.74 bits per heavy atom. The highest BCUT2D eigenvalue weighted by atomic mass is 32.2. The number of carbonyl (C=O) groups is 1. The van der Waals surface area contributed by atoms with Gasteiger partial charge in [-0.2, -0.15) is 0 Å². The molecule has 2 heterocycles. The monoisotopic (exact) mass is 511 g/mol. The van der Waals surface area contributed by atoms with E-state index in [1.807, 2.05) is 37.3 Å². The van der Waals surface area contributed by atoms with Crippen molar-refractivity contribution in [3.05, 3.63) is 72.6 Å². The number of thiazole rings is 1. The van der Waals surface area contributed by atoms with Gasteiger partial charge in [0.25, 0.3) is 0 Å². The number of pyridine rings is 1. The van der Waals surface area contributed by atoms with Crippen molar-refractivity contribution in [1.82, 2.24) is 9.97 Å². The van der Waals surface area contributed by atoms with E-state index in [9.17, 15) is 13.2 Å². The number of hydrogen-bond acceptors (Lipinski definition) is 8. The number of benzene rings is 2. The SMILES string of the molecule is CCOc1ccc2nc(N(Cc3ccncc3)C(=O)CCS(=O)(=O)c3ccc(OC)cc3)sc2c1. The summed E-state index contributed by atoms with van der Waals surface area (Å²) >= 11 is 1.36. The van der Waals surface area contributed by atoms with Crippen molar-refractivity contribution in [2.45, 2.75) is 24.8 Å². The molecule has 2 aromatic carbocycles. The molecule has 0 fully saturated rings. The van der Waals surface area contributed by atoms with E-state index in [4.69, 9.17) is 9.47 Å². The lowest BCUT2D eigenvalue weighted by atomic mass is 10.2. The smallest absolute Gasteiger partial charge is 0.230 e. The molecule has 0 spiro atoms. The van der Waals surface area contributed by atoms with Crippen LogP contribution in [-0.2, 0) is 21.2 Å². The van der Waals surface area contributed by atoms with E-state index in [2.05, 4.69) is 9.97 Å². The minimum atomic E-state index is -3.65. The quantitative estimate of drug-likeness (QED) is 0.309. The van der Waals surface area contributed by atoms with Gasteiger partial charge in [0, 0.05) is 18.8 Å². The summed E-state index contributed by atoms with van der Waals surface area (Å²) in [5, 5.41) is 0.498. The highest BCUT2D eigenvalue weighted by molar-refractivity contribution is 7.91. The zero-order valence-corrected chi connectivity index (χ0v) is 21.0. The molecule has 10 heteroatoms. The normalized spacial score (nSPS) is 11.4. The molecule has 0 radical (unpaired) electrons. The maximum Gasteiger partial charge on any atom is 0.230 e. The fraction of sp³-hybridized carbons (Fsp3) is 0.240. The third-order valence-electron chi connectivity index (χ3n) is 5.28. The molecule has 8 nitrogen and oxygen atoms in total. The average Bonchev–Trinajstić information content (AvgIpc) is 3.30. The number of aromatic nitrogens is 2. The number of methoxy groups -OCH3 is 1. The summed E-state index contributed by atoms with van der Waals surface area (Å²) in [5.74, 6) is 0.646. The molecule has 0 unspecified atom stereocenters. The van der Waals surface area contributed by atoms with Crippen LogP contribution < -0.4 is 14.4 Å². The van der Waals surface area contributed by atoms with Crippen LogP contribution in [0.25, 0.3) is 10.2 Å². The first-order valence-corrected chi connectivity index (χ1v) is 13.5. The molecule has 0 atom stereocenters. The van der Waals surface area contributed by atoms with Crippen LogP contribution in [-0.4, -0.2) is 43.8 Å². The largest absolute Gasteiger partial charge is 0.497 e. The molecule has 1 amide bonds. The van der Waals surface area contributed by atoms with Gasteiger partial charge in [-0.1, -0.05) is 11.3 Å². The summed E-state index contributed by atoms with van der Waals surface area (Å²) in [6.45, 7) is 2.71. The van der Waals surface area contributed by atoms with Gasteiger partial charge < -0.3 is 9.47 Å². The first kappa shape index (κ1) is 24.6. The second kappa shape index (κ2) is 10.8. The molecule has 4 aromatic rings. The van der Waals surface area contributed by atoms with Crippen molar-refractivity contribution in [3.8, 4) is 11.5 Å². The van der Waals surface area contributed by atoms with Gasteiger partial charge in [0.1, 0.15) is 11.5 Å². The highest BCUT2D eigenvalue weighted by Gasteiger charge is 2.24. The second-order valence-corrected chi connectivity index (χ2v) is 10.8. The summed E-state index contributed by atoms with van der Waals surface area (Å²) in [7, 11) is -2.14. The molecule has 0 saturated carbocycles. The molecule has 0 aliphatic carbocycles. The first-order chi connectivity index (χ1) is 16.9. The highest BCUT2D eigenvalue weighted by Crippen LogP contribution is 2.33. The number of amides is 1. The predicted molar refractivity (Wildman–Crippen MR) is 136 cm³/mol. The number of fused-ring (bicyclic) bond motifs is 1. The van der Waals surface area contributed by atoms with Gasteiger partial charge >= 0.3 is 0 Å². The summed E-state index contributed by atoms with van der Waals surface area (Å²) in [6.07, 6.45) is 3.12. The summed E-state index contributed by atoms with van der Waals surface area (Å²) in [5.41, 5.74) is 1.60. The summed E-state index contributed by atoms with van der Waals surface area (Å²) in [4.78, 5) is 23.7. The fourth-order valence-corrected chi connectivity index (χ4v) is 5.70. The van der Waals surface area contributed by atoms with E-state index in [0.717, 1.165) is 21.5 Å². The zero-order valence-electron chi connectivity index (χ0n) is 19.4. The average molecular weight is 512 g/mol. The maximum atomic E-state index is 13.3. The molecular weight excluding hydrogens is 486 g/mol. The number of sulfone groups is 1. The van der Waals surface area contributed by atoms with E-state index in [-0.39, 0.29) is 29.5 Å². The van der Waals surface area contributed by atoms with E-state index in [1.54, 1.807) is 24.5 Å². The molecule has 0 aliphatic rings. The Morgan fingerprint density at radius 3 is 2.43 bits per heavy atom. The minimum Gasteiger partial charge on any atom is -0.497 e. The lowest BCUT2D eigenvalue weighted by Gasteiger charge is -2.20. The van der Waals surface area contributed by atoms with Crippen LogP contribution in [0.5, 0.6) is 11.5 Å². The van der Waals surface area contributed by atoms with Crippen LogP contribution in [0.15, 0.2) is 71.9 Å². The van der Waals surface area contributed by atoms with Gasteiger partial charge in [0.15, 0.2) is 15.0 Å². The van der Waals surface area contributed by atoms with Crippen LogP contribution in [0.4, 0.5) is 5.13 Å². The predicted octanol–water partition coefficient (Wildman–Crippen LogP) is 4.50. The van der Waals surface area contributed by atoms with Gasteiger partial charge in [-0.05, 0) is 67.1 Å². The maximum absolute atomic E-state index is 13.3. The Bertz CT molecular complexity index is 1400. The number of hydrogen-bond donors (Lipinski definition) is 0. The number of ether oxygens (including phenoxy) is 2. The Balaban J connectivity index is 1.58. The zero-order chi connectivity index (χ0) is 24.8. The van der Waals surface area contributed by atoms with Crippen molar-refractivity contribution < 1.29 is 22.7 Å². The van der Waals surface area contributed by atoms with Gasteiger partial charge in [-0.15, -0.1) is 0 Å². The molecular formula is C25H25N3O5S2. The van der Waals surface area contributed by atoms with Crippen molar-refractivity contribution >= 4 is 42.4 Å². The van der Waals surface area contributed by atoms with Gasteiger partial charge in [-0.3, -0.25) is 14.7 Å². The van der Waals surface area contributed by atoms with Crippen LogP contribution in [0.2, 0.25) is 0 Å². The van der Waals surface area contributed by atoms with E-state index < -0.39 is 9.84 Å². The summed E-state index contributed by atoms with van der Waals surface area (Å²) in [6, 6.07) is 15.3. The van der Waals surface area contributed by atoms with E-state index in [1.165, 1.54) is 35.5 Å². The molecule has 182 valence electrons. The third kappa shape index (κ3) is 5.95. The van der Waals surface area contributed by atoms with Crippen LogP contribution in [0.3, 0.4) is 0 Å². The molecule has 0 saturated heterocycles. The lowest BCUT2D eigenvalue weighted by Crippen LogP contribution is -2.31.